The molecular weight excluding hydrogens is 618 g/mol. The Kier molecular flexibility index (Phi) is 10.2. The maximum absolute atomic E-state index is 12.6. The molecule has 0 spiro atoms. The number of amides is 2. The maximum atomic E-state index is 12.6. The van der Waals surface area contributed by atoms with Crippen molar-refractivity contribution in [3.63, 3.8) is 0 Å². The first kappa shape index (κ1) is 27.5. The normalized spacial score (nSPS) is 10.7. The van der Waals surface area contributed by atoms with Crippen LogP contribution in [0.5, 0.6) is 17.2 Å². The Morgan fingerprint density at radius 3 is 2.47 bits per heavy atom. The third-order valence-corrected chi connectivity index (χ3v) is 5.91. The number of methoxy groups -OCH3 is 1. The molecule has 11 heteroatoms. The van der Waals surface area contributed by atoms with Crippen LogP contribution in [0.15, 0.2) is 68.6 Å². The van der Waals surface area contributed by atoms with Crippen LogP contribution in [-0.4, -0.2) is 38.4 Å². The second-order valence-corrected chi connectivity index (χ2v) is 9.35. The number of anilines is 1. The van der Waals surface area contributed by atoms with E-state index in [1.54, 1.807) is 54.6 Å². The molecule has 3 aromatic rings. The molecule has 2 amide bonds. The lowest BCUT2D eigenvalue weighted by molar-refractivity contribution is -0.118. The lowest BCUT2D eigenvalue weighted by Crippen LogP contribution is -2.21. The Bertz CT molecular complexity index is 1270. The summed E-state index contributed by atoms with van der Waals surface area (Å²) >= 11 is 12.7. The van der Waals surface area contributed by atoms with E-state index in [4.69, 9.17) is 25.8 Å². The number of hydrazone groups is 1. The van der Waals surface area contributed by atoms with Gasteiger partial charge in [-0.2, -0.15) is 5.10 Å². The average Bonchev–Trinajstić information content (AvgIpc) is 2.85. The lowest BCUT2D eigenvalue weighted by Gasteiger charge is -2.12. The number of rotatable bonds is 10. The number of benzene rings is 3. The molecule has 0 fully saturated rings. The summed E-state index contributed by atoms with van der Waals surface area (Å²) in [6.07, 6.45) is 1.42. The number of carbonyl (C=O) groups excluding carboxylic acids is 2. The zero-order valence-corrected chi connectivity index (χ0v) is 23.2. The number of carbonyl (C=O) groups is 2. The maximum Gasteiger partial charge on any atom is 0.271 e. The van der Waals surface area contributed by atoms with Crippen molar-refractivity contribution in [2.24, 2.45) is 5.10 Å². The molecule has 0 unspecified atom stereocenters. The van der Waals surface area contributed by atoms with E-state index in [0.29, 0.717) is 50.2 Å². The summed E-state index contributed by atoms with van der Waals surface area (Å²) in [6, 6.07) is 15.1. The zero-order valence-electron chi connectivity index (χ0n) is 19.3. The Hall–Kier alpha value is -3.08. The van der Waals surface area contributed by atoms with Gasteiger partial charge in [-0.05, 0) is 77.5 Å². The van der Waals surface area contributed by atoms with Crippen molar-refractivity contribution in [2.45, 2.75) is 6.92 Å². The highest BCUT2D eigenvalue weighted by Gasteiger charge is 2.13. The molecule has 8 nitrogen and oxygen atoms in total. The molecule has 0 aliphatic carbocycles. The smallest absolute Gasteiger partial charge is 0.271 e. The fraction of sp³-hybridized carbons (Fsp3) is 0.160. The summed E-state index contributed by atoms with van der Waals surface area (Å²) in [5, 5.41) is 7.35. The molecule has 3 rings (SSSR count). The minimum Gasteiger partial charge on any atom is -0.493 e. The Morgan fingerprint density at radius 1 is 1.03 bits per heavy atom. The standard InChI is InChI=1S/C25H22Br2ClN3O5/c1-3-35-21-9-4-15(11-22(21)34-2)25(33)31-29-13-16-10-17(26)12-20(27)24(16)36-14-23(32)30-19-7-5-18(28)6-8-19/h4-13H,3,14H2,1-2H3,(H,30,32)(H,31,33)/b29-13+. The monoisotopic (exact) mass is 637 g/mol. The second kappa shape index (κ2) is 13.3. The topological polar surface area (TPSA) is 98.3 Å². The number of hydrogen-bond donors (Lipinski definition) is 2. The first-order chi connectivity index (χ1) is 17.3. The molecule has 0 atom stereocenters. The van der Waals surface area contributed by atoms with E-state index >= 15 is 0 Å². The Balaban J connectivity index is 1.68. The van der Waals surface area contributed by atoms with E-state index in [0.717, 1.165) is 4.47 Å². The van der Waals surface area contributed by atoms with Crippen LogP contribution in [0, 0.1) is 0 Å². The van der Waals surface area contributed by atoms with Crippen LogP contribution < -0.4 is 25.0 Å². The Morgan fingerprint density at radius 2 is 1.78 bits per heavy atom. The lowest BCUT2D eigenvalue weighted by atomic mass is 10.2. The molecule has 0 bridgehead atoms. The average molecular weight is 640 g/mol. The molecule has 0 aliphatic heterocycles. The summed E-state index contributed by atoms with van der Waals surface area (Å²) < 4.78 is 17.8. The van der Waals surface area contributed by atoms with Gasteiger partial charge in [-0.1, -0.05) is 27.5 Å². The molecule has 0 aliphatic rings. The molecule has 36 heavy (non-hydrogen) atoms. The van der Waals surface area contributed by atoms with Gasteiger partial charge in [0.1, 0.15) is 5.75 Å². The van der Waals surface area contributed by atoms with Crippen molar-refractivity contribution in [2.75, 3.05) is 25.6 Å². The van der Waals surface area contributed by atoms with Gasteiger partial charge in [0, 0.05) is 26.3 Å². The molecule has 3 aromatic carbocycles. The van der Waals surface area contributed by atoms with Crippen LogP contribution in [0.25, 0.3) is 0 Å². The van der Waals surface area contributed by atoms with Crippen LogP contribution in [0.3, 0.4) is 0 Å². The molecule has 188 valence electrons. The van der Waals surface area contributed by atoms with Gasteiger partial charge in [0.25, 0.3) is 11.8 Å². The summed E-state index contributed by atoms with van der Waals surface area (Å²) in [4.78, 5) is 24.9. The predicted molar refractivity (Wildman–Crippen MR) is 147 cm³/mol. The van der Waals surface area contributed by atoms with Crippen molar-refractivity contribution >= 4 is 67.2 Å². The number of halogens is 3. The van der Waals surface area contributed by atoms with E-state index in [-0.39, 0.29) is 12.5 Å². The number of nitrogens with one attached hydrogen (secondary N) is 2. The molecule has 0 aromatic heterocycles. The van der Waals surface area contributed by atoms with Crippen LogP contribution in [0.4, 0.5) is 5.69 Å². The van der Waals surface area contributed by atoms with Gasteiger partial charge in [0.05, 0.1) is 24.4 Å². The minimum atomic E-state index is -0.438. The highest BCUT2D eigenvalue weighted by molar-refractivity contribution is 9.11. The van der Waals surface area contributed by atoms with Gasteiger partial charge in [-0.15, -0.1) is 0 Å². The van der Waals surface area contributed by atoms with Crippen molar-refractivity contribution in [3.05, 3.63) is 79.7 Å². The first-order valence-electron chi connectivity index (χ1n) is 10.6. The van der Waals surface area contributed by atoms with E-state index in [1.807, 2.05) is 6.92 Å². The quantitative estimate of drug-likeness (QED) is 0.208. The molecule has 0 heterocycles. The van der Waals surface area contributed by atoms with Crippen LogP contribution in [-0.2, 0) is 4.79 Å². The van der Waals surface area contributed by atoms with Crippen molar-refractivity contribution in [1.82, 2.24) is 5.43 Å². The summed E-state index contributed by atoms with van der Waals surface area (Å²) in [5.41, 5.74) is 3.95. The number of ether oxygens (including phenoxy) is 3. The Labute approximate surface area is 230 Å². The SMILES string of the molecule is CCOc1ccc(C(=O)N/N=C/c2cc(Br)cc(Br)c2OCC(=O)Nc2ccc(Cl)cc2)cc1OC. The van der Waals surface area contributed by atoms with Crippen LogP contribution in [0.2, 0.25) is 5.02 Å². The van der Waals surface area contributed by atoms with Crippen molar-refractivity contribution in [1.29, 1.82) is 0 Å². The van der Waals surface area contributed by atoms with Gasteiger partial charge >= 0.3 is 0 Å². The molecule has 0 saturated heterocycles. The van der Waals surface area contributed by atoms with E-state index in [2.05, 4.69) is 47.7 Å². The summed E-state index contributed by atoms with van der Waals surface area (Å²) in [6.45, 7) is 2.09. The van der Waals surface area contributed by atoms with Gasteiger partial charge < -0.3 is 19.5 Å². The van der Waals surface area contributed by atoms with Crippen molar-refractivity contribution in [3.8, 4) is 17.2 Å². The van der Waals surface area contributed by atoms with Gasteiger partial charge in [-0.3, -0.25) is 9.59 Å². The summed E-state index contributed by atoms with van der Waals surface area (Å²) in [7, 11) is 1.50. The summed E-state index contributed by atoms with van der Waals surface area (Å²) in [5.74, 6) is 0.572. The predicted octanol–water partition coefficient (Wildman–Crippen LogP) is 6.05. The van der Waals surface area contributed by atoms with E-state index in [9.17, 15) is 9.59 Å². The van der Waals surface area contributed by atoms with Crippen molar-refractivity contribution < 1.29 is 23.8 Å². The van der Waals surface area contributed by atoms with Crippen LogP contribution >= 0.6 is 43.5 Å². The second-order valence-electron chi connectivity index (χ2n) is 7.15. The largest absolute Gasteiger partial charge is 0.493 e. The van der Waals surface area contributed by atoms with Gasteiger partial charge in [0.2, 0.25) is 0 Å². The third kappa shape index (κ3) is 7.71. The minimum absolute atomic E-state index is 0.248. The highest BCUT2D eigenvalue weighted by Crippen LogP contribution is 2.32. The fourth-order valence-electron chi connectivity index (χ4n) is 3.01. The molecule has 2 N–H and O–H groups in total. The number of nitrogens with zero attached hydrogens (tertiary/aromatic N) is 1. The first-order valence-corrected chi connectivity index (χ1v) is 12.6. The number of hydrogen-bond acceptors (Lipinski definition) is 6. The zero-order chi connectivity index (χ0) is 26.1. The molecule has 0 saturated carbocycles. The third-order valence-electron chi connectivity index (χ3n) is 4.61. The molecule has 0 radical (unpaired) electrons. The van der Waals surface area contributed by atoms with E-state index < -0.39 is 5.91 Å². The van der Waals surface area contributed by atoms with Gasteiger partial charge in [0.15, 0.2) is 18.1 Å². The van der Waals surface area contributed by atoms with E-state index in [1.165, 1.54) is 13.3 Å². The fourth-order valence-corrected chi connectivity index (χ4v) is 4.50. The van der Waals surface area contributed by atoms with Crippen LogP contribution in [0.1, 0.15) is 22.8 Å². The highest BCUT2D eigenvalue weighted by atomic mass is 79.9. The molecular formula is C25H22Br2ClN3O5. The van der Waals surface area contributed by atoms with Gasteiger partial charge in [-0.25, -0.2) is 5.43 Å².